The van der Waals surface area contributed by atoms with Crippen molar-refractivity contribution in [1.29, 1.82) is 0 Å². The molecule has 1 saturated heterocycles. The van der Waals surface area contributed by atoms with Crippen molar-refractivity contribution in [2.45, 2.75) is 12.8 Å². The molecule has 1 aromatic heterocycles. The number of aryl methyl sites for hydroxylation is 1. The molecule has 1 aliphatic rings. The fourth-order valence-corrected chi connectivity index (χ4v) is 3.59. The van der Waals surface area contributed by atoms with E-state index in [1.165, 1.54) is 61.6 Å². The second-order valence-corrected chi connectivity index (χ2v) is 6.87. The molecule has 0 amide bonds. The lowest BCUT2D eigenvalue weighted by Gasteiger charge is -2.32. The van der Waals surface area contributed by atoms with Crippen LogP contribution in [0.5, 0.6) is 0 Å². The van der Waals surface area contributed by atoms with Crippen molar-refractivity contribution >= 4 is 11.3 Å². The molecule has 3 heteroatoms. The van der Waals surface area contributed by atoms with E-state index in [0.717, 1.165) is 0 Å². The monoisotopic (exact) mass is 300 g/mol. The standard InChI is InChI=1S/C18H24N2S/c1-19-11-13-20(14-12-19)10-2-4-16-6-8-17(9-7-16)18-5-3-15-21-18/h3,5-9,15H,2,4,10-14H2,1H3. The average Bonchev–Trinajstić information content (AvgIpc) is 3.04. The molecule has 1 aliphatic heterocycles. The van der Waals surface area contributed by atoms with Gasteiger partial charge in [-0.1, -0.05) is 30.3 Å². The van der Waals surface area contributed by atoms with Crippen LogP contribution in [0.15, 0.2) is 41.8 Å². The zero-order valence-corrected chi connectivity index (χ0v) is 13.6. The fraction of sp³-hybridized carbons (Fsp3) is 0.444. The maximum Gasteiger partial charge on any atom is 0.0342 e. The minimum Gasteiger partial charge on any atom is -0.304 e. The lowest BCUT2D eigenvalue weighted by Crippen LogP contribution is -2.44. The molecular formula is C18H24N2S. The van der Waals surface area contributed by atoms with Gasteiger partial charge in [0.25, 0.3) is 0 Å². The van der Waals surface area contributed by atoms with Gasteiger partial charge < -0.3 is 9.80 Å². The van der Waals surface area contributed by atoms with Crippen LogP contribution in [0, 0.1) is 0 Å². The number of benzene rings is 1. The Morgan fingerprint density at radius 3 is 2.43 bits per heavy atom. The molecule has 0 N–H and O–H groups in total. The third-order valence-corrected chi connectivity index (χ3v) is 5.21. The molecule has 112 valence electrons. The highest BCUT2D eigenvalue weighted by Gasteiger charge is 2.12. The highest BCUT2D eigenvalue weighted by molar-refractivity contribution is 7.13. The number of likely N-dealkylation sites (N-methyl/N-ethyl adjacent to an activating group) is 1. The number of rotatable bonds is 5. The maximum atomic E-state index is 2.60. The molecule has 3 rings (SSSR count). The van der Waals surface area contributed by atoms with E-state index in [9.17, 15) is 0 Å². The van der Waals surface area contributed by atoms with Gasteiger partial charge in [0.1, 0.15) is 0 Å². The van der Waals surface area contributed by atoms with E-state index in [4.69, 9.17) is 0 Å². The third kappa shape index (κ3) is 4.16. The first-order valence-electron chi connectivity index (χ1n) is 7.85. The van der Waals surface area contributed by atoms with Gasteiger partial charge >= 0.3 is 0 Å². The van der Waals surface area contributed by atoms with Crippen molar-refractivity contribution in [3.8, 4) is 10.4 Å². The first kappa shape index (κ1) is 14.8. The largest absolute Gasteiger partial charge is 0.304 e. The Labute approximate surface area is 132 Å². The lowest BCUT2D eigenvalue weighted by atomic mass is 10.1. The number of hydrogen-bond acceptors (Lipinski definition) is 3. The summed E-state index contributed by atoms with van der Waals surface area (Å²) in [4.78, 5) is 6.37. The van der Waals surface area contributed by atoms with Crippen molar-refractivity contribution in [1.82, 2.24) is 9.80 Å². The summed E-state index contributed by atoms with van der Waals surface area (Å²) in [5.41, 5.74) is 2.80. The molecule has 21 heavy (non-hydrogen) atoms. The summed E-state index contributed by atoms with van der Waals surface area (Å²) in [6.07, 6.45) is 2.46. The average molecular weight is 300 g/mol. The first-order chi connectivity index (χ1) is 10.3. The van der Waals surface area contributed by atoms with Crippen LogP contribution in [-0.2, 0) is 6.42 Å². The molecule has 0 aliphatic carbocycles. The van der Waals surface area contributed by atoms with Crippen LogP contribution in [0.25, 0.3) is 10.4 Å². The Balaban J connectivity index is 1.45. The summed E-state index contributed by atoms with van der Waals surface area (Å²) in [7, 11) is 2.21. The SMILES string of the molecule is CN1CCN(CCCc2ccc(-c3cccs3)cc2)CC1. The summed E-state index contributed by atoms with van der Waals surface area (Å²) < 4.78 is 0. The molecule has 0 atom stereocenters. The highest BCUT2D eigenvalue weighted by Crippen LogP contribution is 2.24. The van der Waals surface area contributed by atoms with E-state index < -0.39 is 0 Å². The van der Waals surface area contributed by atoms with Crippen LogP contribution in [0.4, 0.5) is 0 Å². The van der Waals surface area contributed by atoms with Crippen molar-refractivity contribution in [2.24, 2.45) is 0 Å². The molecule has 2 heterocycles. The molecule has 0 unspecified atom stereocenters. The van der Waals surface area contributed by atoms with Crippen LogP contribution in [0.3, 0.4) is 0 Å². The Bertz CT molecular complexity index is 525. The molecule has 2 nitrogen and oxygen atoms in total. The Morgan fingerprint density at radius 2 is 1.76 bits per heavy atom. The van der Waals surface area contributed by atoms with Crippen LogP contribution in [0.1, 0.15) is 12.0 Å². The molecule has 0 radical (unpaired) electrons. The summed E-state index contributed by atoms with van der Waals surface area (Å²) in [5, 5.41) is 2.14. The molecule has 1 fully saturated rings. The van der Waals surface area contributed by atoms with E-state index in [2.05, 4.69) is 58.6 Å². The maximum absolute atomic E-state index is 2.60. The van der Waals surface area contributed by atoms with Gasteiger partial charge in [-0.15, -0.1) is 11.3 Å². The molecule has 0 bridgehead atoms. The van der Waals surface area contributed by atoms with E-state index in [-0.39, 0.29) is 0 Å². The Hall–Kier alpha value is -1.16. The quantitative estimate of drug-likeness (QED) is 0.832. The van der Waals surface area contributed by atoms with Crippen LogP contribution >= 0.6 is 11.3 Å². The van der Waals surface area contributed by atoms with Crippen molar-refractivity contribution in [3.63, 3.8) is 0 Å². The smallest absolute Gasteiger partial charge is 0.0342 e. The molecule has 2 aromatic rings. The Kier molecular flexibility index (Phi) is 5.07. The normalized spacial score (nSPS) is 17.2. The van der Waals surface area contributed by atoms with Gasteiger partial charge in [-0.25, -0.2) is 0 Å². The third-order valence-electron chi connectivity index (χ3n) is 4.30. The van der Waals surface area contributed by atoms with Gasteiger partial charge in [-0.2, -0.15) is 0 Å². The van der Waals surface area contributed by atoms with Gasteiger partial charge in [0, 0.05) is 31.1 Å². The van der Waals surface area contributed by atoms with Gasteiger partial charge in [-0.05, 0) is 49.0 Å². The summed E-state index contributed by atoms with van der Waals surface area (Å²) >= 11 is 1.81. The molecule has 0 saturated carbocycles. The predicted molar refractivity (Wildman–Crippen MR) is 92.0 cm³/mol. The van der Waals surface area contributed by atoms with Gasteiger partial charge in [0.2, 0.25) is 0 Å². The second-order valence-electron chi connectivity index (χ2n) is 5.92. The van der Waals surface area contributed by atoms with Crippen molar-refractivity contribution in [3.05, 3.63) is 47.3 Å². The van der Waals surface area contributed by atoms with Gasteiger partial charge in [-0.3, -0.25) is 0 Å². The first-order valence-corrected chi connectivity index (χ1v) is 8.73. The second kappa shape index (κ2) is 7.21. The summed E-state index contributed by atoms with van der Waals surface area (Å²) in [6.45, 7) is 6.13. The van der Waals surface area contributed by atoms with Gasteiger partial charge in [0.15, 0.2) is 0 Å². The highest BCUT2D eigenvalue weighted by atomic mass is 32.1. The zero-order chi connectivity index (χ0) is 14.5. The number of hydrogen-bond donors (Lipinski definition) is 0. The van der Waals surface area contributed by atoms with Crippen LogP contribution < -0.4 is 0 Å². The minimum absolute atomic E-state index is 1.19. The van der Waals surface area contributed by atoms with Gasteiger partial charge in [0.05, 0.1) is 0 Å². The number of thiophene rings is 1. The molecular weight excluding hydrogens is 276 g/mol. The Morgan fingerprint density at radius 1 is 1.00 bits per heavy atom. The van der Waals surface area contributed by atoms with E-state index in [0.29, 0.717) is 0 Å². The predicted octanol–water partition coefficient (Wildman–Crippen LogP) is 3.60. The summed E-state index contributed by atoms with van der Waals surface area (Å²) in [5.74, 6) is 0. The van der Waals surface area contributed by atoms with E-state index in [1.807, 2.05) is 11.3 Å². The van der Waals surface area contributed by atoms with Crippen LogP contribution in [0.2, 0.25) is 0 Å². The minimum atomic E-state index is 1.19. The van der Waals surface area contributed by atoms with E-state index >= 15 is 0 Å². The fourth-order valence-electron chi connectivity index (χ4n) is 2.86. The molecule has 0 spiro atoms. The topological polar surface area (TPSA) is 6.48 Å². The van der Waals surface area contributed by atoms with Crippen molar-refractivity contribution in [2.75, 3.05) is 39.8 Å². The number of nitrogens with zero attached hydrogens (tertiary/aromatic N) is 2. The van der Waals surface area contributed by atoms with E-state index in [1.54, 1.807) is 0 Å². The van der Waals surface area contributed by atoms with Crippen molar-refractivity contribution < 1.29 is 0 Å². The molecule has 1 aromatic carbocycles. The van der Waals surface area contributed by atoms with Crippen LogP contribution in [-0.4, -0.2) is 49.6 Å². The number of piperazine rings is 1. The summed E-state index contributed by atoms with van der Waals surface area (Å²) in [6, 6.07) is 13.4. The zero-order valence-electron chi connectivity index (χ0n) is 12.8. The lowest BCUT2D eigenvalue weighted by molar-refractivity contribution is 0.153.